The third-order valence-corrected chi connectivity index (χ3v) is 4.22. The Hall–Kier alpha value is -2.37. The van der Waals surface area contributed by atoms with E-state index >= 15 is 0 Å². The van der Waals surface area contributed by atoms with Crippen molar-refractivity contribution in [3.63, 3.8) is 0 Å². The Kier molecular flexibility index (Phi) is 7.18. The van der Waals surface area contributed by atoms with E-state index in [1.54, 1.807) is 42.5 Å². The number of hydrogen-bond donors (Lipinski definition) is 2. The first kappa shape index (κ1) is 19.9. The number of halogens is 2. The summed E-state index contributed by atoms with van der Waals surface area (Å²) >= 11 is 11.9. The molecule has 0 aliphatic heterocycles. The van der Waals surface area contributed by atoms with Crippen LogP contribution in [0, 0.1) is 5.92 Å². The van der Waals surface area contributed by atoms with Crippen molar-refractivity contribution in [1.29, 1.82) is 0 Å². The van der Waals surface area contributed by atoms with E-state index in [0.717, 1.165) is 0 Å². The Morgan fingerprint density at radius 3 is 2.31 bits per heavy atom. The second-order valence-corrected chi connectivity index (χ2v) is 6.80. The van der Waals surface area contributed by atoms with E-state index in [9.17, 15) is 9.59 Å². The predicted octanol–water partition coefficient (Wildman–Crippen LogP) is 3.90. The summed E-state index contributed by atoms with van der Waals surface area (Å²) in [7, 11) is 0. The van der Waals surface area contributed by atoms with Crippen molar-refractivity contribution in [1.82, 2.24) is 10.7 Å². The summed E-state index contributed by atoms with van der Waals surface area (Å²) in [6.45, 7) is 3.67. The lowest BCUT2D eigenvalue weighted by molar-refractivity contribution is -0.123. The lowest BCUT2D eigenvalue weighted by atomic mass is 10.0. The molecule has 2 amide bonds. The molecule has 0 saturated carbocycles. The van der Waals surface area contributed by atoms with Crippen molar-refractivity contribution in [2.45, 2.75) is 19.9 Å². The average Bonchev–Trinajstić information content (AvgIpc) is 2.61. The second kappa shape index (κ2) is 9.36. The van der Waals surface area contributed by atoms with Crippen LogP contribution in [0.25, 0.3) is 0 Å². The zero-order valence-electron chi connectivity index (χ0n) is 14.4. The minimum absolute atomic E-state index is 0.123. The smallest absolute Gasteiger partial charge is 0.262 e. The third-order valence-electron chi connectivity index (χ3n) is 3.63. The molecule has 0 fully saturated rings. The van der Waals surface area contributed by atoms with Gasteiger partial charge in [0.15, 0.2) is 0 Å². The van der Waals surface area contributed by atoms with Gasteiger partial charge in [-0.2, -0.15) is 5.10 Å². The van der Waals surface area contributed by atoms with E-state index in [2.05, 4.69) is 15.8 Å². The summed E-state index contributed by atoms with van der Waals surface area (Å²) in [5.74, 6) is -0.891. The molecule has 5 nitrogen and oxygen atoms in total. The largest absolute Gasteiger partial charge is 0.340 e. The molecule has 0 aromatic heterocycles. The SMILES string of the molecule is CC(C)C(NC(=O)c1ccc(Cl)cc1)C(=O)NN=Cc1ccccc1Cl. The van der Waals surface area contributed by atoms with Crippen LogP contribution in [0.4, 0.5) is 0 Å². The quantitative estimate of drug-likeness (QED) is 0.578. The minimum atomic E-state index is -0.735. The molecule has 0 heterocycles. The summed E-state index contributed by atoms with van der Waals surface area (Å²) in [6.07, 6.45) is 1.46. The van der Waals surface area contributed by atoms with E-state index in [1.165, 1.54) is 6.21 Å². The number of amides is 2. The molecule has 2 rings (SSSR count). The number of benzene rings is 2. The van der Waals surface area contributed by atoms with Crippen LogP contribution >= 0.6 is 23.2 Å². The summed E-state index contributed by atoms with van der Waals surface area (Å²) in [6, 6.07) is 12.8. The van der Waals surface area contributed by atoms with Crippen LogP contribution in [-0.4, -0.2) is 24.1 Å². The molecule has 136 valence electrons. The van der Waals surface area contributed by atoms with Crippen LogP contribution in [0.2, 0.25) is 10.0 Å². The molecule has 2 aromatic rings. The van der Waals surface area contributed by atoms with E-state index in [4.69, 9.17) is 23.2 Å². The molecule has 26 heavy (non-hydrogen) atoms. The Labute approximate surface area is 162 Å². The van der Waals surface area contributed by atoms with Crippen LogP contribution in [0.5, 0.6) is 0 Å². The lowest BCUT2D eigenvalue weighted by Crippen LogP contribution is -2.48. The molecule has 1 atom stereocenters. The highest BCUT2D eigenvalue weighted by Crippen LogP contribution is 2.12. The van der Waals surface area contributed by atoms with E-state index < -0.39 is 11.9 Å². The number of hydrogen-bond acceptors (Lipinski definition) is 3. The molecule has 0 aliphatic rings. The predicted molar refractivity (Wildman–Crippen MR) is 105 cm³/mol. The van der Waals surface area contributed by atoms with Crippen molar-refractivity contribution in [3.8, 4) is 0 Å². The van der Waals surface area contributed by atoms with E-state index in [1.807, 2.05) is 19.9 Å². The summed E-state index contributed by atoms with van der Waals surface area (Å²) in [4.78, 5) is 24.7. The standard InChI is InChI=1S/C19H19Cl2N3O2/c1-12(2)17(23-18(25)13-7-9-15(20)10-8-13)19(26)24-22-11-14-5-3-4-6-16(14)21/h3-12,17H,1-2H3,(H,23,25)(H,24,26). The maximum atomic E-state index is 12.4. The van der Waals surface area contributed by atoms with Gasteiger partial charge >= 0.3 is 0 Å². The van der Waals surface area contributed by atoms with Crippen molar-refractivity contribution >= 4 is 41.2 Å². The minimum Gasteiger partial charge on any atom is -0.340 e. The number of rotatable bonds is 6. The fraction of sp³-hybridized carbons (Fsp3) is 0.211. The molecule has 1 unspecified atom stereocenters. The van der Waals surface area contributed by atoms with E-state index in [-0.39, 0.29) is 11.8 Å². The molecule has 0 spiro atoms. The number of carbonyl (C=O) groups excluding carboxylic acids is 2. The fourth-order valence-corrected chi connectivity index (χ4v) is 2.49. The number of nitrogens with zero attached hydrogens (tertiary/aromatic N) is 1. The zero-order valence-corrected chi connectivity index (χ0v) is 15.9. The van der Waals surface area contributed by atoms with Crippen molar-refractivity contribution in [3.05, 3.63) is 69.7 Å². The summed E-state index contributed by atoms with van der Waals surface area (Å²) in [5.41, 5.74) is 3.55. The first-order valence-electron chi connectivity index (χ1n) is 8.02. The van der Waals surface area contributed by atoms with Crippen LogP contribution in [-0.2, 0) is 4.79 Å². The van der Waals surface area contributed by atoms with Crippen LogP contribution in [0.3, 0.4) is 0 Å². The normalized spacial score (nSPS) is 12.2. The molecule has 2 N–H and O–H groups in total. The molecular formula is C19H19Cl2N3O2. The van der Waals surface area contributed by atoms with Crippen molar-refractivity contribution in [2.75, 3.05) is 0 Å². The van der Waals surface area contributed by atoms with Crippen LogP contribution < -0.4 is 10.7 Å². The molecule has 0 saturated heterocycles. The second-order valence-electron chi connectivity index (χ2n) is 5.96. The van der Waals surface area contributed by atoms with Gasteiger partial charge in [0.2, 0.25) is 0 Å². The Bertz CT molecular complexity index is 805. The number of hydrazone groups is 1. The fourth-order valence-electron chi connectivity index (χ4n) is 2.18. The number of carbonyl (C=O) groups is 2. The van der Waals surface area contributed by atoms with Crippen LogP contribution in [0.1, 0.15) is 29.8 Å². The Morgan fingerprint density at radius 2 is 1.69 bits per heavy atom. The van der Waals surface area contributed by atoms with Gasteiger partial charge in [-0.3, -0.25) is 9.59 Å². The van der Waals surface area contributed by atoms with Gasteiger partial charge in [0, 0.05) is 21.2 Å². The van der Waals surface area contributed by atoms with Gasteiger partial charge in [0.25, 0.3) is 11.8 Å². The maximum Gasteiger partial charge on any atom is 0.262 e. The van der Waals surface area contributed by atoms with Gasteiger partial charge in [-0.1, -0.05) is 55.2 Å². The van der Waals surface area contributed by atoms with Gasteiger partial charge in [0.05, 0.1) is 6.21 Å². The third kappa shape index (κ3) is 5.58. The highest BCUT2D eigenvalue weighted by atomic mass is 35.5. The molecule has 7 heteroatoms. The van der Waals surface area contributed by atoms with Gasteiger partial charge in [0.1, 0.15) is 6.04 Å². The first-order chi connectivity index (χ1) is 12.4. The highest BCUT2D eigenvalue weighted by Gasteiger charge is 2.24. The molecule has 0 radical (unpaired) electrons. The monoisotopic (exact) mass is 391 g/mol. The molecule has 2 aromatic carbocycles. The first-order valence-corrected chi connectivity index (χ1v) is 8.78. The summed E-state index contributed by atoms with van der Waals surface area (Å²) in [5, 5.41) is 7.70. The van der Waals surface area contributed by atoms with E-state index in [0.29, 0.717) is 21.2 Å². The molecule has 0 aliphatic carbocycles. The van der Waals surface area contributed by atoms with Crippen molar-refractivity contribution in [2.24, 2.45) is 11.0 Å². The van der Waals surface area contributed by atoms with Gasteiger partial charge < -0.3 is 5.32 Å². The van der Waals surface area contributed by atoms with Crippen LogP contribution in [0.15, 0.2) is 53.6 Å². The average molecular weight is 392 g/mol. The Morgan fingerprint density at radius 1 is 1.04 bits per heavy atom. The maximum absolute atomic E-state index is 12.4. The van der Waals surface area contributed by atoms with Gasteiger partial charge in [-0.05, 0) is 36.2 Å². The highest BCUT2D eigenvalue weighted by molar-refractivity contribution is 6.33. The lowest BCUT2D eigenvalue weighted by Gasteiger charge is -2.20. The summed E-state index contributed by atoms with van der Waals surface area (Å²) < 4.78 is 0. The van der Waals surface area contributed by atoms with Gasteiger partial charge in [-0.15, -0.1) is 0 Å². The topological polar surface area (TPSA) is 70.6 Å². The van der Waals surface area contributed by atoms with Crippen molar-refractivity contribution < 1.29 is 9.59 Å². The molecular weight excluding hydrogens is 373 g/mol. The molecule has 0 bridgehead atoms. The Balaban J connectivity index is 2.02. The zero-order chi connectivity index (χ0) is 19.1. The van der Waals surface area contributed by atoms with Gasteiger partial charge in [-0.25, -0.2) is 5.43 Å². The number of nitrogens with one attached hydrogen (secondary N) is 2.